The van der Waals surface area contributed by atoms with Gasteiger partial charge in [0.2, 0.25) is 0 Å². The zero-order valence-electron chi connectivity index (χ0n) is 14.9. The predicted molar refractivity (Wildman–Crippen MR) is 103 cm³/mol. The number of hydrogen-bond donors (Lipinski definition) is 6. The summed E-state index contributed by atoms with van der Waals surface area (Å²) >= 11 is 0. The van der Waals surface area contributed by atoms with Crippen molar-refractivity contribution in [1.82, 2.24) is 10.6 Å². The molecule has 25 heavy (non-hydrogen) atoms. The number of ether oxygens (including phenoxy) is 1. The molecule has 1 rings (SSSR count). The fourth-order valence-electron chi connectivity index (χ4n) is 2.37. The Kier molecular flexibility index (Phi) is 10.8. The van der Waals surface area contributed by atoms with Crippen LogP contribution in [0, 0.1) is 10.8 Å². The summed E-state index contributed by atoms with van der Waals surface area (Å²) in [6.45, 7) is 3.47. The van der Waals surface area contributed by atoms with Gasteiger partial charge in [0.25, 0.3) is 0 Å². The van der Waals surface area contributed by atoms with Crippen molar-refractivity contribution in [3.8, 4) is 5.75 Å². The number of nitrogens with two attached hydrogens (primary N) is 2. The third-order valence-corrected chi connectivity index (χ3v) is 3.78. The molecule has 1 aromatic rings. The second kappa shape index (κ2) is 13.1. The molecule has 0 aliphatic heterocycles. The molecule has 0 heterocycles. The molecule has 140 valence electrons. The van der Waals surface area contributed by atoms with E-state index in [0.717, 1.165) is 38.2 Å². The third kappa shape index (κ3) is 11.0. The molecule has 8 N–H and O–H groups in total. The fourth-order valence-corrected chi connectivity index (χ4v) is 2.37. The fraction of sp³-hybridized carbons (Fsp3) is 0.556. The predicted octanol–water partition coefficient (Wildman–Crippen LogP) is 1.76. The van der Waals surface area contributed by atoms with Gasteiger partial charge in [0.15, 0.2) is 5.96 Å². The third-order valence-electron chi connectivity index (χ3n) is 3.78. The average Bonchev–Trinajstić information content (AvgIpc) is 2.59. The molecule has 0 atom stereocenters. The van der Waals surface area contributed by atoms with E-state index in [1.54, 1.807) is 12.1 Å². The lowest BCUT2D eigenvalue weighted by molar-refractivity contribution is 0.308. The van der Waals surface area contributed by atoms with E-state index in [0.29, 0.717) is 12.2 Å². The van der Waals surface area contributed by atoms with Crippen LogP contribution in [-0.2, 0) is 0 Å². The molecule has 0 spiro atoms. The summed E-state index contributed by atoms with van der Waals surface area (Å²) in [6.07, 6.45) is 6.85. The molecule has 0 radical (unpaired) electrons. The minimum absolute atomic E-state index is 0.0567. The van der Waals surface area contributed by atoms with Crippen molar-refractivity contribution in [2.24, 2.45) is 11.5 Å². The first kappa shape index (κ1) is 20.8. The van der Waals surface area contributed by atoms with Crippen LogP contribution in [0.15, 0.2) is 24.3 Å². The molecule has 0 aromatic heterocycles. The maximum atomic E-state index is 7.34. The van der Waals surface area contributed by atoms with Crippen LogP contribution in [0.25, 0.3) is 0 Å². The van der Waals surface area contributed by atoms with Crippen LogP contribution in [0.1, 0.15) is 44.1 Å². The van der Waals surface area contributed by atoms with Gasteiger partial charge in [0.05, 0.1) is 6.61 Å². The summed E-state index contributed by atoms with van der Waals surface area (Å²) < 4.78 is 5.66. The summed E-state index contributed by atoms with van der Waals surface area (Å²) in [5.74, 6) is 0.939. The quantitative estimate of drug-likeness (QED) is 0.173. The van der Waals surface area contributed by atoms with Crippen LogP contribution in [0.5, 0.6) is 5.75 Å². The summed E-state index contributed by atoms with van der Waals surface area (Å²) in [5, 5.41) is 20.6. The number of guanidine groups is 1. The van der Waals surface area contributed by atoms with Crippen molar-refractivity contribution in [3.63, 3.8) is 0 Å². The molecule has 0 saturated heterocycles. The van der Waals surface area contributed by atoms with Gasteiger partial charge in [-0.1, -0.05) is 19.3 Å². The highest BCUT2D eigenvalue weighted by Gasteiger charge is 1.98. The van der Waals surface area contributed by atoms with E-state index in [1.165, 1.54) is 25.7 Å². The number of nitrogen functional groups attached to an aromatic ring is 1. The van der Waals surface area contributed by atoms with Gasteiger partial charge >= 0.3 is 0 Å². The molecule has 1 aromatic carbocycles. The van der Waals surface area contributed by atoms with Crippen LogP contribution in [0.2, 0.25) is 0 Å². The zero-order valence-corrected chi connectivity index (χ0v) is 14.9. The standard InChI is InChI=1S/C18H32N6O/c19-17(20)15-7-9-16(10-8-15)25-14-6-12-23-11-4-2-1-3-5-13-24-18(21)22/h7-10,23H,1-6,11-14H2,(H3,19,20)(H4,21,22,24). The van der Waals surface area contributed by atoms with Crippen LogP contribution < -0.4 is 26.8 Å². The molecule has 0 saturated carbocycles. The summed E-state index contributed by atoms with van der Waals surface area (Å²) in [6, 6.07) is 7.28. The highest BCUT2D eigenvalue weighted by molar-refractivity contribution is 5.94. The lowest BCUT2D eigenvalue weighted by Crippen LogP contribution is -2.30. The first-order chi connectivity index (χ1) is 12.1. The molecular formula is C18H32N6O. The van der Waals surface area contributed by atoms with Gasteiger partial charge in [-0.2, -0.15) is 0 Å². The number of benzene rings is 1. The Hall–Kier alpha value is -2.28. The van der Waals surface area contributed by atoms with Gasteiger partial charge in [0, 0.05) is 12.1 Å². The number of hydrogen-bond acceptors (Lipinski definition) is 4. The maximum Gasteiger partial charge on any atom is 0.185 e. The number of unbranched alkanes of at least 4 members (excludes halogenated alkanes) is 4. The van der Waals surface area contributed by atoms with Crippen molar-refractivity contribution in [2.75, 3.05) is 26.2 Å². The monoisotopic (exact) mass is 348 g/mol. The van der Waals surface area contributed by atoms with E-state index >= 15 is 0 Å². The number of rotatable bonds is 14. The molecule has 0 bridgehead atoms. The molecule has 7 heteroatoms. The average molecular weight is 348 g/mol. The summed E-state index contributed by atoms with van der Waals surface area (Å²) in [4.78, 5) is 0. The Bertz CT molecular complexity index is 503. The topological polar surface area (TPSA) is 133 Å². The van der Waals surface area contributed by atoms with Gasteiger partial charge < -0.3 is 26.8 Å². The van der Waals surface area contributed by atoms with Crippen molar-refractivity contribution in [3.05, 3.63) is 29.8 Å². The Labute approximate surface area is 150 Å². The summed E-state index contributed by atoms with van der Waals surface area (Å²) in [7, 11) is 0. The minimum atomic E-state index is 0.0567. The SMILES string of the molecule is N=C(N)NCCCCCCCNCCCOc1ccc(C(=N)N)cc1. The second-order valence-corrected chi connectivity index (χ2v) is 6.00. The van der Waals surface area contributed by atoms with Crippen molar-refractivity contribution in [1.29, 1.82) is 10.8 Å². The van der Waals surface area contributed by atoms with Crippen molar-refractivity contribution >= 4 is 11.8 Å². The highest BCUT2D eigenvalue weighted by Crippen LogP contribution is 2.11. The maximum absolute atomic E-state index is 7.34. The highest BCUT2D eigenvalue weighted by atomic mass is 16.5. The van der Waals surface area contributed by atoms with Crippen molar-refractivity contribution in [2.45, 2.75) is 38.5 Å². The molecule has 0 aliphatic carbocycles. The van der Waals surface area contributed by atoms with Crippen molar-refractivity contribution < 1.29 is 4.74 Å². The number of nitrogens with one attached hydrogen (secondary N) is 4. The van der Waals surface area contributed by atoms with Crippen LogP contribution in [0.4, 0.5) is 0 Å². The van der Waals surface area contributed by atoms with E-state index in [4.69, 9.17) is 27.0 Å². The van der Waals surface area contributed by atoms with Gasteiger partial charge in [-0.05, 0) is 56.6 Å². The van der Waals surface area contributed by atoms with Gasteiger partial charge in [-0.15, -0.1) is 0 Å². The largest absolute Gasteiger partial charge is 0.494 e. The van der Waals surface area contributed by atoms with E-state index in [-0.39, 0.29) is 11.8 Å². The molecular weight excluding hydrogens is 316 g/mol. The molecule has 0 aliphatic rings. The normalized spacial score (nSPS) is 10.4. The van der Waals surface area contributed by atoms with Crippen LogP contribution in [-0.4, -0.2) is 38.0 Å². The smallest absolute Gasteiger partial charge is 0.185 e. The summed E-state index contributed by atoms with van der Waals surface area (Å²) in [5.41, 5.74) is 11.3. The molecule has 0 unspecified atom stereocenters. The van der Waals surface area contributed by atoms with E-state index in [2.05, 4.69) is 10.6 Å². The Morgan fingerprint density at radius 1 is 0.840 bits per heavy atom. The minimum Gasteiger partial charge on any atom is -0.494 e. The first-order valence-corrected chi connectivity index (χ1v) is 8.95. The Morgan fingerprint density at radius 2 is 1.44 bits per heavy atom. The number of amidine groups is 1. The zero-order chi connectivity index (χ0) is 18.3. The Morgan fingerprint density at radius 3 is 2.08 bits per heavy atom. The molecule has 0 fully saturated rings. The first-order valence-electron chi connectivity index (χ1n) is 8.95. The van der Waals surface area contributed by atoms with Gasteiger partial charge in [-0.3, -0.25) is 10.8 Å². The second-order valence-electron chi connectivity index (χ2n) is 6.00. The molecule has 7 nitrogen and oxygen atoms in total. The van der Waals surface area contributed by atoms with Gasteiger partial charge in [-0.25, -0.2) is 0 Å². The lowest BCUT2D eigenvalue weighted by Gasteiger charge is -2.08. The van der Waals surface area contributed by atoms with E-state index in [9.17, 15) is 0 Å². The van der Waals surface area contributed by atoms with Crippen LogP contribution >= 0.6 is 0 Å². The van der Waals surface area contributed by atoms with Crippen LogP contribution in [0.3, 0.4) is 0 Å². The lowest BCUT2D eigenvalue weighted by atomic mass is 10.1. The van der Waals surface area contributed by atoms with Gasteiger partial charge in [0.1, 0.15) is 11.6 Å². The van der Waals surface area contributed by atoms with E-state index in [1.807, 2.05) is 12.1 Å². The Balaban J connectivity index is 1.87. The van der Waals surface area contributed by atoms with E-state index < -0.39 is 0 Å². The molecule has 0 amide bonds.